The van der Waals surface area contributed by atoms with Crippen molar-refractivity contribution in [3.63, 3.8) is 0 Å². The average molecular weight is 291 g/mol. The van der Waals surface area contributed by atoms with Crippen molar-refractivity contribution in [2.75, 3.05) is 46.9 Å². The molecule has 21 heavy (non-hydrogen) atoms. The predicted molar refractivity (Wildman–Crippen MR) is 87.8 cm³/mol. The first-order valence-corrected chi connectivity index (χ1v) is 7.99. The van der Waals surface area contributed by atoms with Crippen molar-refractivity contribution in [1.82, 2.24) is 9.80 Å². The Kier molecular flexibility index (Phi) is 6.49. The number of piperidine rings is 1. The van der Waals surface area contributed by atoms with Crippen LogP contribution >= 0.6 is 0 Å². The fourth-order valence-electron chi connectivity index (χ4n) is 2.87. The third-order valence-corrected chi connectivity index (χ3v) is 4.24. The molecule has 1 aromatic carbocycles. The first-order chi connectivity index (χ1) is 10.2. The monoisotopic (exact) mass is 291 g/mol. The molecule has 0 saturated carbocycles. The molecule has 1 aromatic rings. The van der Waals surface area contributed by atoms with Crippen molar-refractivity contribution in [1.29, 1.82) is 0 Å². The normalized spacial score (nSPS) is 19.9. The molecule has 0 aromatic heterocycles. The van der Waals surface area contributed by atoms with Crippen LogP contribution in [-0.2, 0) is 6.42 Å². The molecule has 1 fully saturated rings. The minimum atomic E-state index is 0.689. The predicted octanol–water partition coefficient (Wildman–Crippen LogP) is 1.59. The first kappa shape index (κ1) is 16.3. The Hall–Kier alpha value is -1.10. The Morgan fingerprint density at radius 3 is 2.71 bits per heavy atom. The van der Waals surface area contributed by atoms with Gasteiger partial charge in [-0.3, -0.25) is 4.90 Å². The third-order valence-electron chi connectivity index (χ3n) is 4.24. The highest BCUT2D eigenvalue weighted by Crippen LogP contribution is 2.15. The fraction of sp³-hybridized carbons (Fsp3) is 0.647. The molecule has 0 bridgehead atoms. The number of ether oxygens (including phenoxy) is 1. The zero-order valence-corrected chi connectivity index (χ0v) is 13.4. The highest BCUT2D eigenvalue weighted by atomic mass is 16.5. The van der Waals surface area contributed by atoms with E-state index in [0.29, 0.717) is 12.6 Å². The fourth-order valence-corrected chi connectivity index (χ4v) is 2.87. The van der Waals surface area contributed by atoms with E-state index in [1.807, 2.05) is 12.1 Å². The third kappa shape index (κ3) is 5.30. The summed E-state index contributed by atoms with van der Waals surface area (Å²) in [5.41, 5.74) is 6.83. The minimum absolute atomic E-state index is 0.689. The second-order valence-corrected chi connectivity index (χ2v) is 6.09. The number of nitrogens with zero attached hydrogens (tertiary/aromatic N) is 2. The van der Waals surface area contributed by atoms with Crippen LogP contribution in [0.4, 0.5) is 0 Å². The van der Waals surface area contributed by atoms with Gasteiger partial charge in [0.05, 0.1) is 0 Å². The summed E-state index contributed by atoms with van der Waals surface area (Å²) in [5, 5.41) is 0. The van der Waals surface area contributed by atoms with Gasteiger partial charge in [0.25, 0.3) is 0 Å². The van der Waals surface area contributed by atoms with Crippen molar-refractivity contribution >= 4 is 0 Å². The summed E-state index contributed by atoms with van der Waals surface area (Å²) in [6, 6.07) is 8.98. The lowest BCUT2D eigenvalue weighted by Crippen LogP contribution is -2.46. The number of likely N-dealkylation sites (tertiary alicyclic amines) is 1. The van der Waals surface area contributed by atoms with Gasteiger partial charge in [-0.15, -0.1) is 0 Å². The number of likely N-dealkylation sites (N-methyl/N-ethyl adjacent to an activating group) is 1. The van der Waals surface area contributed by atoms with Gasteiger partial charge >= 0.3 is 0 Å². The van der Waals surface area contributed by atoms with Gasteiger partial charge in [0.2, 0.25) is 0 Å². The number of hydrogen-bond acceptors (Lipinski definition) is 4. The summed E-state index contributed by atoms with van der Waals surface area (Å²) in [5.74, 6) is 0.956. The molecule has 4 nitrogen and oxygen atoms in total. The maximum absolute atomic E-state index is 5.85. The lowest BCUT2D eigenvalue weighted by atomic mass is 10.1. The summed E-state index contributed by atoms with van der Waals surface area (Å²) < 4.78 is 5.85. The molecule has 0 spiro atoms. The smallest absolute Gasteiger partial charge is 0.119 e. The Morgan fingerprint density at radius 1 is 1.29 bits per heavy atom. The Morgan fingerprint density at radius 2 is 2.05 bits per heavy atom. The molecule has 1 atom stereocenters. The highest BCUT2D eigenvalue weighted by molar-refractivity contribution is 5.27. The van der Waals surface area contributed by atoms with Gasteiger partial charge in [-0.05, 0) is 64.1 Å². The zero-order chi connectivity index (χ0) is 15.1. The molecule has 1 aliphatic rings. The second-order valence-electron chi connectivity index (χ2n) is 6.09. The summed E-state index contributed by atoms with van der Waals surface area (Å²) >= 11 is 0. The Bertz CT molecular complexity index is 405. The van der Waals surface area contributed by atoms with Gasteiger partial charge < -0.3 is 15.4 Å². The zero-order valence-electron chi connectivity index (χ0n) is 13.4. The van der Waals surface area contributed by atoms with Crippen LogP contribution in [0.2, 0.25) is 0 Å². The van der Waals surface area contributed by atoms with Crippen LogP contribution in [0.3, 0.4) is 0 Å². The number of hydrogen-bond donors (Lipinski definition) is 1. The highest BCUT2D eigenvalue weighted by Gasteiger charge is 2.20. The summed E-state index contributed by atoms with van der Waals surface area (Å²) in [6.07, 6.45) is 3.53. The van der Waals surface area contributed by atoms with Crippen molar-refractivity contribution in [3.8, 4) is 5.75 Å². The summed E-state index contributed by atoms with van der Waals surface area (Å²) in [4.78, 5) is 4.85. The molecule has 0 radical (unpaired) electrons. The molecule has 4 heteroatoms. The lowest BCUT2D eigenvalue weighted by Gasteiger charge is -2.36. The van der Waals surface area contributed by atoms with Crippen LogP contribution in [0.15, 0.2) is 24.3 Å². The molecule has 1 saturated heterocycles. The van der Waals surface area contributed by atoms with E-state index in [4.69, 9.17) is 10.5 Å². The van der Waals surface area contributed by atoms with Crippen molar-refractivity contribution in [2.24, 2.45) is 5.73 Å². The van der Waals surface area contributed by atoms with Gasteiger partial charge in [0.15, 0.2) is 0 Å². The van der Waals surface area contributed by atoms with Crippen LogP contribution < -0.4 is 10.5 Å². The van der Waals surface area contributed by atoms with E-state index in [1.54, 1.807) is 0 Å². The molecular weight excluding hydrogens is 262 g/mol. The van der Waals surface area contributed by atoms with Crippen molar-refractivity contribution in [3.05, 3.63) is 29.8 Å². The van der Waals surface area contributed by atoms with E-state index < -0.39 is 0 Å². The van der Waals surface area contributed by atoms with Gasteiger partial charge in [0, 0.05) is 19.1 Å². The van der Waals surface area contributed by atoms with Gasteiger partial charge in [-0.25, -0.2) is 0 Å². The quantitative estimate of drug-likeness (QED) is 0.828. The largest absolute Gasteiger partial charge is 0.492 e. The van der Waals surface area contributed by atoms with E-state index >= 15 is 0 Å². The molecule has 1 unspecified atom stereocenters. The summed E-state index contributed by atoms with van der Waals surface area (Å²) in [7, 11) is 4.35. The molecular formula is C17H29N3O. The van der Waals surface area contributed by atoms with E-state index in [2.05, 4.69) is 36.0 Å². The first-order valence-electron chi connectivity index (χ1n) is 7.99. The Labute approximate surface area is 128 Å². The maximum Gasteiger partial charge on any atom is 0.119 e. The molecule has 118 valence electrons. The number of rotatable bonds is 7. The maximum atomic E-state index is 5.85. The molecule has 1 aliphatic heterocycles. The number of benzene rings is 1. The Balaban J connectivity index is 1.71. The van der Waals surface area contributed by atoms with Crippen LogP contribution in [0.1, 0.15) is 18.4 Å². The van der Waals surface area contributed by atoms with Crippen LogP contribution in [0.5, 0.6) is 5.75 Å². The van der Waals surface area contributed by atoms with E-state index in [1.165, 1.54) is 24.9 Å². The molecule has 0 amide bonds. The van der Waals surface area contributed by atoms with Crippen LogP contribution in [0.25, 0.3) is 0 Å². The van der Waals surface area contributed by atoms with Crippen molar-refractivity contribution < 1.29 is 4.74 Å². The van der Waals surface area contributed by atoms with Gasteiger partial charge in [-0.1, -0.05) is 12.1 Å². The standard InChI is InChI=1S/C17H29N3O/c1-19(2)16-4-3-11-20(14-16)12-13-21-17-7-5-15(6-8-17)9-10-18/h5-8,16H,3-4,9-14,18H2,1-2H3. The molecule has 0 aliphatic carbocycles. The second kappa shape index (κ2) is 8.37. The molecule has 1 heterocycles. The molecule has 2 N–H and O–H groups in total. The lowest BCUT2D eigenvalue weighted by molar-refractivity contribution is 0.117. The topological polar surface area (TPSA) is 41.7 Å². The number of nitrogens with two attached hydrogens (primary N) is 1. The summed E-state index contributed by atoms with van der Waals surface area (Å²) in [6.45, 7) is 4.82. The van der Waals surface area contributed by atoms with Gasteiger partial charge in [-0.2, -0.15) is 0 Å². The van der Waals surface area contributed by atoms with E-state index in [9.17, 15) is 0 Å². The van der Waals surface area contributed by atoms with E-state index in [-0.39, 0.29) is 0 Å². The minimum Gasteiger partial charge on any atom is -0.492 e. The van der Waals surface area contributed by atoms with E-state index in [0.717, 1.165) is 31.9 Å². The molecule has 2 rings (SSSR count). The SMILES string of the molecule is CN(C)C1CCCN(CCOc2ccc(CCN)cc2)C1. The van der Waals surface area contributed by atoms with Gasteiger partial charge in [0.1, 0.15) is 12.4 Å². The average Bonchev–Trinajstić information content (AvgIpc) is 2.50. The van der Waals surface area contributed by atoms with Crippen molar-refractivity contribution in [2.45, 2.75) is 25.3 Å². The van der Waals surface area contributed by atoms with Crippen LogP contribution in [0, 0.1) is 0 Å². The van der Waals surface area contributed by atoms with Crippen LogP contribution in [-0.4, -0.2) is 62.7 Å².